The maximum absolute atomic E-state index is 13.0. The van der Waals surface area contributed by atoms with Crippen LogP contribution in [-0.4, -0.2) is 39.4 Å². The average Bonchev–Trinajstić information content (AvgIpc) is 3.27. The first-order valence-corrected chi connectivity index (χ1v) is 11.5. The van der Waals surface area contributed by atoms with Gasteiger partial charge in [0, 0.05) is 28.9 Å². The Balaban J connectivity index is 1.71. The van der Waals surface area contributed by atoms with Crippen LogP contribution in [0, 0.1) is 20.8 Å². The summed E-state index contributed by atoms with van der Waals surface area (Å²) >= 11 is 13.8. The molecule has 0 radical (unpaired) electrons. The summed E-state index contributed by atoms with van der Waals surface area (Å²) in [6.07, 6.45) is 0. The fourth-order valence-electron chi connectivity index (χ4n) is 3.37. The zero-order valence-corrected chi connectivity index (χ0v) is 20.2. The SMILES string of the molecule is CCN(CC(=O)Nc1c(Cl)cccc1Cl)C(=O)Cn1c(C)cc(-c2csc(C)n2)c1C. The van der Waals surface area contributed by atoms with Crippen molar-refractivity contribution in [2.75, 3.05) is 18.4 Å². The molecule has 1 N–H and O–H groups in total. The largest absolute Gasteiger partial charge is 0.339 e. The normalized spacial score (nSPS) is 10.9. The molecule has 2 heterocycles. The van der Waals surface area contributed by atoms with Crippen molar-refractivity contribution in [3.05, 3.63) is 56.1 Å². The van der Waals surface area contributed by atoms with E-state index in [0.29, 0.717) is 22.3 Å². The standard InChI is InChI=1S/C22H24Cl2N4O2S/c1-5-27(10-20(29)26-22-17(23)7-6-8-18(22)24)21(30)11-28-13(2)9-16(14(28)3)19-12-31-15(4)25-19/h6-9,12H,5,10-11H2,1-4H3,(H,26,29). The predicted octanol–water partition coefficient (Wildman–Crippen LogP) is 5.33. The van der Waals surface area contributed by atoms with E-state index >= 15 is 0 Å². The number of hydrogen-bond acceptors (Lipinski definition) is 4. The van der Waals surface area contributed by atoms with Gasteiger partial charge >= 0.3 is 0 Å². The highest BCUT2D eigenvalue weighted by Crippen LogP contribution is 2.30. The smallest absolute Gasteiger partial charge is 0.244 e. The topological polar surface area (TPSA) is 67.2 Å². The molecule has 0 unspecified atom stereocenters. The second-order valence-corrected chi connectivity index (χ2v) is 9.05. The molecule has 1 aromatic carbocycles. The van der Waals surface area contributed by atoms with Crippen LogP contribution in [-0.2, 0) is 16.1 Å². The molecule has 6 nitrogen and oxygen atoms in total. The van der Waals surface area contributed by atoms with E-state index in [-0.39, 0.29) is 24.9 Å². The lowest BCUT2D eigenvalue weighted by Gasteiger charge is -2.22. The average molecular weight is 479 g/mol. The third-order valence-electron chi connectivity index (χ3n) is 5.06. The maximum atomic E-state index is 13.0. The summed E-state index contributed by atoms with van der Waals surface area (Å²) in [7, 11) is 0. The van der Waals surface area contributed by atoms with Gasteiger partial charge in [-0.15, -0.1) is 11.3 Å². The van der Waals surface area contributed by atoms with Crippen molar-refractivity contribution in [2.24, 2.45) is 0 Å². The molecule has 0 aliphatic carbocycles. The second kappa shape index (κ2) is 9.85. The van der Waals surface area contributed by atoms with Crippen molar-refractivity contribution < 1.29 is 9.59 Å². The molecule has 0 fully saturated rings. The number of aromatic nitrogens is 2. The molecule has 0 aliphatic heterocycles. The second-order valence-electron chi connectivity index (χ2n) is 7.18. The molecule has 9 heteroatoms. The van der Waals surface area contributed by atoms with E-state index in [4.69, 9.17) is 23.2 Å². The lowest BCUT2D eigenvalue weighted by molar-refractivity contribution is -0.135. The Morgan fingerprint density at radius 3 is 2.45 bits per heavy atom. The number of halogens is 2. The van der Waals surface area contributed by atoms with Gasteiger partial charge in [-0.2, -0.15) is 0 Å². The summed E-state index contributed by atoms with van der Waals surface area (Å²) in [5.74, 6) is -0.504. The van der Waals surface area contributed by atoms with E-state index < -0.39 is 0 Å². The highest BCUT2D eigenvalue weighted by atomic mass is 35.5. The lowest BCUT2D eigenvalue weighted by atomic mass is 10.2. The number of nitrogens with one attached hydrogen (secondary N) is 1. The Bertz CT molecular complexity index is 1100. The van der Waals surface area contributed by atoms with Crippen LogP contribution in [0.25, 0.3) is 11.3 Å². The number of carbonyl (C=O) groups excluding carboxylic acids is 2. The van der Waals surface area contributed by atoms with Gasteiger partial charge in [-0.25, -0.2) is 4.98 Å². The monoisotopic (exact) mass is 478 g/mol. The molecule has 0 saturated carbocycles. The summed E-state index contributed by atoms with van der Waals surface area (Å²) in [4.78, 5) is 31.6. The van der Waals surface area contributed by atoms with Crippen molar-refractivity contribution in [1.82, 2.24) is 14.5 Å². The zero-order valence-electron chi connectivity index (χ0n) is 17.8. The van der Waals surface area contributed by atoms with Crippen LogP contribution in [0.5, 0.6) is 0 Å². The minimum Gasteiger partial charge on any atom is -0.339 e. The quantitative estimate of drug-likeness (QED) is 0.498. The number of benzene rings is 1. The number of thiazole rings is 1. The van der Waals surface area contributed by atoms with Gasteiger partial charge in [-0.1, -0.05) is 29.3 Å². The number of rotatable bonds is 7. The number of nitrogens with zero attached hydrogens (tertiary/aromatic N) is 3. The molecule has 3 aromatic rings. The number of hydrogen-bond donors (Lipinski definition) is 1. The zero-order chi connectivity index (χ0) is 22.7. The van der Waals surface area contributed by atoms with Gasteiger partial charge < -0.3 is 14.8 Å². The van der Waals surface area contributed by atoms with Crippen LogP contribution < -0.4 is 5.32 Å². The Morgan fingerprint density at radius 1 is 1.19 bits per heavy atom. The van der Waals surface area contributed by atoms with Crippen molar-refractivity contribution in [3.63, 3.8) is 0 Å². The summed E-state index contributed by atoms with van der Waals surface area (Å²) < 4.78 is 1.96. The highest BCUT2D eigenvalue weighted by Gasteiger charge is 2.20. The van der Waals surface area contributed by atoms with Gasteiger partial charge in [0.05, 0.1) is 33.0 Å². The van der Waals surface area contributed by atoms with Crippen LogP contribution in [0.2, 0.25) is 10.0 Å². The van der Waals surface area contributed by atoms with Crippen LogP contribution in [0.3, 0.4) is 0 Å². The molecule has 0 saturated heterocycles. The van der Waals surface area contributed by atoms with Gasteiger partial charge in [0.25, 0.3) is 0 Å². The summed E-state index contributed by atoms with van der Waals surface area (Å²) in [5.41, 5.74) is 4.22. The Morgan fingerprint density at radius 2 is 1.87 bits per heavy atom. The van der Waals surface area contributed by atoms with Gasteiger partial charge in [0.2, 0.25) is 11.8 Å². The Kier molecular flexibility index (Phi) is 7.41. The summed E-state index contributed by atoms with van der Waals surface area (Å²) in [6.45, 7) is 8.21. The minimum atomic E-state index is -0.357. The van der Waals surface area contributed by atoms with Gasteiger partial charge in [-0.3, -0.25) is 9.59 Å². The predicted molar refractivity (Wildman–Crippen MR) is 127 cm³/mol. The van der Waals surface area contributed by atoms with Gasteiger partial charge in [0.1, 0.15) is 6.54 Å². The van der Waals surface area contributed by atoms with E-state index in [1.165, 1.54) is 4.90 Å². The molecule has 2 amide bonds. The van der Waals surface area contributed by atoms with E-state index in [2.05, 4.69) is 10.3 Å². The number of carbonyl (C=O) groups is 2. The van der Waals surface area contributed by atoms with Crippen molar-refractivity contribution in [2.45, 2.75) is 34.2 Å². The van der Waals surface area contributed by atoms with Crippen molar-refractivity contribution in [3.8, 4) is 11.3 Å². The van der Waals surface area contributed by atoms with Crippen molar-refractivity contribution >= 4 is 52.0 Å². The fraction of sp³-hybridized carbons (Fsp3) is 0.318. The third kappa shape index (κ3) is 5.29. The first-order valence-electron chi connectivity index (χ1n) is 9.82. The third-order valence-corrected chi connectivity index (χ3v) is 6.46. The molecular weight excluding hydrogens is 455 g/mol. The van der Waals surface area contributed by atoms with E-state index in [9.17, 15) is 9.59 Å². The molecule has 2 aromatic heterocycles. The fourth-order valence-corrected chi connectivity index (χ4v) is 4.48. The number of para-hydroxylation sites is 1. The molecule has 0 spiro atoms. The van der Waals surface area contributed by atoms with Gasteiger partial charge in [0.15, 0.2) is 0 Å². The first kappa shape index (κ1) is 23.3. The van der Waals surface area contributed by atoms with E-state index in [1.54, 1.807) is 29.5 Å². The maximum Gasteiger partial charge on any atom is 0.244 e. The highest BCUT2D eigenvalue weighted by molar-refractivity contribution is 7.09. The van der Waals surface area contributed by atoms with Crippen molar-refractivity contribution in [1.29, 1.82) is 0 Å². The van der Waals surface area contributed by atoms with Crippen LogP contribution >= 0.6 is 34.5 Å². The van der Waals surface area contributed by atoms with E-state index in [1.807, 2.05) is 43.7 Å². The molecule has 0 aliphatic rings. The number of anilines is 1. The molecule has 0 atom stereocenters. The molecule has 31 heavy (non-hydrogen) atoms. The summed E-state index contributed by atoms with van der Waals surface area (Å²) in [5, 5.41) is 6.41. The molecule has 164 valence electrons. The molecule has 0 bridgehead atoms. The number of likely N-dealkylation sites (N-methyl/N-ethyl adjacent to an activating group) is 1. The number of amides is 2. The number of aryl methyl sites for hydroxylation is 2. The Labute approximate surface area is 195 Å². The van der Waals surface area contributed by atoms with Crippen LogP contribution in [0.1, 0.15) is 23.3 Å². The minimum absolute atomic E-state index is 0.0889. The molecule has 3 rings (SSSR count). The van der Waals surface area contributed by atoms with Crippen LogP contribution in [0.4, 0.5) is 5.69 Å². The first-order chi connectivity index (χ1) is 14.7. The molecular formula is C22H24Cl2N4O2S. The lowest BCUT2D eigenvalue weighted by Crippen LogP contribution is -2.40. The Hall–Kier alpha value is -2.35. The van der Waals surface area contributed by atoms with Crippen LogP contribution in [0.15, 0.2) is 29.6 Å². The van der Waals surface area contributed by atoms with E-state index in [0.717, 1.165) is 27.7 Å². The summed E-state index contributed by atoms with van der Waals surface area (Å²) in [6, 6.07) is 7.03. The van der Waals surface area contributed by atoms with Gasteiger partial charge in [-0.05, 0) is 45.9 Å².